The molecule has 0 bridgehead atoms. The van der Waals surface area contributed by atoms with Crippen molar-refractivity contribution < 1.29 is 0 Å². The number of benzene rings is 7. The van der Waals surface area contributed by atoms with Gasteiger partial charge in [-0.3, -0.25) is 0 Å². The Morgan fingerprint density at radius 1 is 0.443 bits per heavy atom. The normalized spacial score (nSPS) is 20.3. The van der Waals surface area contributed by atoms with Gasteiger partial charge in [0.25, 0.3) is 0 Å². The highest BCUT2D eigenvalue weighted by Crippen LogP contribution is 2.58. The van der Waals surface area contributed by atoms with E-state index in [0.717, 1.165) is 38.5 Å². The number of hydrogen-bond donors (Lipinski definition) is 0. The monoisotopic (exact) mass is 780 g/mol. The molecule has 0 aliphatic heterocycles. The highest BCUT2D eigenvalue weighted by molar-refractivity contribution is 6.25. The highest BCUT2D eigenvalue weighted by atomic mass is 14.5. The van der Waals surface area contributed by atoms with Gasteiger partial charge in [-0.15, -0.1) is 0 Å². The van der Waals surface area contributed by atoms with E-state index in [-0.39, 0.29) is 5.41 Å². The quantitative estimate of drug-likeness (QED) is 0.147. The second kappa shape index (κ2) is 14.8. The Kier molecular flexibility index (Phi) is 8.74. The van der Waals surface area contributed by atoms with E-state index >= 15 is 0 Å². The Balaban J connectivity index is 0.803. The Bertz CT molecular complexity index is 3100. The van der Waals surface area contributed by atoms with Crippen molar-refractivity contribution in [1.29, 1.82) is 0 Å². The number of rotatable bonds is 6. The molecule has 292 valence electrons. The van der Waals surface area contributed by atoms with Gasteiger partial charge in [-0.25, -0.2) is 0 Å². The predicted octanol–water partition coefficient (Wildman–Crippen LogP) is 15.9. The topological polar surface area (TPSA) is 0 Å². The zero-order valence-corrected chi connectivity index (χ0v) is 34.5. The lowest BCUT2D eigenvalue weighted by atomic mass is 9.65. The molecule has 5 aliphatic carbocycles. The fraction of sp³-hybridized carbons (Fsp3) is 0.148. The van der Waals surface area contributed by atoms with E-state index in [1.54, 1.807) is 0 Å². The van der Waals surface area contributed by atoms with Gasteiger partial charge in [0.2, 0.25) is 0 Å². The smallest absolute Gasteiger partial charge is 0.0676 e. The van der Waals surface area contributed by atoms with Crippen LogP contribution in [0, 0.1) is 11.8 Å². The van der Waals surface area contributed by atoms with E-state index in [9.17, 15) is 0 Å². The number of fused-ring (bicyclic) bond motifs is 9. The van der Waals surface area contributed by atoms with Crippen molar-refractivity contribution in [3.05, 3.63) is 256 Å². The summed E-state index contributed by atoms with van der Waals surface area (Å²) >= 11 is 0. The van der Waals surface area contributed by atoms with Gasteiger partial charge in [0.1, 0.15) is 0 Å². The molecule has 2 atom stereocenters. The average molecular weight is 781 g/mol. The second-order valence-corrected chi connectivity index (χ2v) is 17.7. The molecule has 0 spiro atoms. The summed E-state index contributed by atoms with van der Waals surface area (Å²) in [4.78, 5) is 0. The molecule has 0 nitrogen and oxygen atoms in total. The van der Waals surface area contributed by atoms with Gasteiger partial charge in [0.05, 0.1) is 5.41 Å². The van der Waals surface area contributed by atoms with Gasteiger partial charge in [0, 0.05) is 0 Å². The molecule has 0 saturated carbocycles. The third-order valence-corrected chi connectivity index (χ3v) is 14.6. The summed E-state index contributed by atoms with van der Waals surface area (Å²) in [7, 11) is 0. The number of hydrogen-bond acceptors (Lipinski definition) is 0. The first kappa shape index (κ1) is 36.1. The van der Waals surface area contributed by atoms with Crippen LogP contribution in [0.3, 0.4) is 0 Å². The molecule has 2 unspecified atom stereocenters. The Morgan fingerprint density at radius 3 is 1.64 bits per heavy atom. The lowest BCUT2D eigenvalue weighted by Crippen LogP contribution is -2.30. The second-order valence-electron chi connectivity index (χ2n) is 17.7. The van der Waals surface area contributed by atoms with Gasteiger partial charge in [0.15, 0.2) is 0 Å². The minimum atomic E-state index is -0.272. The maximum absolute atomic E-state index is 2.57. The summed E-state index contributed by atoms with van der Waals surface area (Å²) in [5, 5.41) is 7.98. The van der Waals surface area contributed by atoms with Crippen molar-refractivity contribution in [2.24, 2.45) is 11.8 Å². The fourth-order valence-electron chi connectivity index (χ4n) is 11.7. The standard InChI is InChI=1S/C61H48/c1-2-18-49(19-3-1)61(59-26-10-8-24-56(59)57-25-9-11-27-60(57)61)50-35-32-42(33-36-50)41-28-30-43(31-29-41)44-14-12-15-45(38-44)46-16-13-17-47(39-46)48-34-37-55-53-22-5-4-20-51(53)52-21-6-7-23-54(52)58(55)40-48/h1-15,17-28,30,32,34-35,37,39-40,45-46H,16,29,31,33,36,38H2. The minimum Gasteiger partial charge on any atom is -0.0833 e. The Morgan fingerprint density at radius 2 is 1.00 bits per heavy atom. The van der Waals surface area contributed by atoms with Gasteiger partial charge < -0.3 is 0 Å². The molecular weight excluding hydrogens is 733 g/mol. The molecule has 0 radical (unpaired) electrons. The van der Waals surface area contributed by atoms with Crippen LogP contribution >= 0.6 is 0 Å². The van der Waals surface area contributed by atoms with Crippen LogP contribution in [0.1, 0.15) is 60.8 Å². The van der Waals surface area contributed by atoms with Crippen molar-refractivity contribution in [3.8, 4) is 11.1 Å². The van der Waals surface area contributed by atoms with Crippen molar-refractivity contribution in [3.63, 3.8) is 0 Å². The van der Waals surface area contributed by atoms with Gasteiger partial charge >= 0.3 is 0 Å². The lowest BCUT2D eigenvalue weighted by molar-refractivity contribution is 0.470. The first-order valence-electron chi connectivity index (χ1n) is 22.4. The zero-order valence-electron chi connectivity index (χ0n) is 34.5. The van der Waals surface area contributed by atoms with Crippen LogP contribution in [-0.2, 0) is 5.41 Å². The molecule has 0 fully saturated rings. The summed E-state index contributed by atoms with van der Waals surface area (Å²) in [6.45, 7) is 0. The lowest BCUT2D eigenvalue weighted by Gasteiger charge is -2.37. The van der Waals surface area contributed by atoms with E-state index in [0.29, 0.717) is 11.8 Å². The third-order valence-electron chi connectivity index (χ3n) is 14.6. The van der Waals surface area contributed by atoms with Crippen LogP contribution in [-0.4, -0.2) is 0 Å². The van der Waals surface area contributed by atoms with Crippen LogP contribution < -0.4 is 0 Å². The van der Waals surface area contributed by atoms with E-state index in [4.69, 9.17) is 0 Å². The van der Waals surface area contributed by atoms with Crippen molar-refractivity contribution in [1.82, 2.24) is 0 Å². The zero-order chi connectivity index (χ0) is 40.3. The van der Waals surface area contributed by atoms with E-state index < -0.39 is 0 Å². The van der Waals surface area contributed by atoms with E-state index in [2.05, 4.69) is 206 Å². The molecule has 7 aromatic rings. The molecule has 61 heavy (non-hydrogen) atoms. The van der Waals surface area contributed by atoms with Crippen LogP contribution in [0.15, 0.2) is 234 Å². The molecule has 0 N–H and O–H groups in total. The highest BCUT2D eigenvalue weighted by Gasteiger charge is 2.47. The largest absolute Gasteiger partial charge is 0.0833 e. The maximum atomic E-state index is 2.57. The van der Waals surface area contributed by atoms with Crippen LogP contribution in [0.25, 0.3) is 49.0 Å². The fourth-order valence-corrected chi connectivity index (χ4v) is 11.7. The minimum absolute atomic E-state index is 0.272. The maximum Gasteiger partial charge on any atom is 0.0676 e. The molecule has 0 aromatic heterocycles. The van der Waals surface area contributed by atoms with Gasteiger partial charge in [-0.1, -0.05) is 206 Å². The first-order chi connectivity index (χ1) is 30.2. The molecule has 12 rings (SSSR count). The third kappa shape index (κ3) is 5.88. The summed E-state index contributed by atoms with van der Waals surface area (Å²) in [6.07, 6.45) is 30.8. The molecule has 7 aromatic carbocycles. The first-order valence-corrected chi connectivity index (χ1v) is 22.4. The van der Waals surface area contributed by atoms with E-state index in [1.807, 2.05) is 0 Å². The summed E-state index contributed by atoms with van der Waals surface area (Å²) in [6, 6.07) is 54.3. The number of allylic oxidation sites excluding steroid dienone is 16. The Labute approximate surface area is 359 Å². The van der Waals surface area contributed by atoms with Crippen LogP contribution in [0.4, 0.5) is 0 Å². The molecule has 0 heterocycles. The van der Waals surface area contributed by atoms with Crippen molar-refractivity contribution in [2.45, 2.75) is 43.9 Å². The molecule has 0 amide bonds. The molecule has 0 saturated heterocycles. The summed E-state index contributed by atoms with van der Waals surface area (Å²) < 4.78 is 0. The average Bonchev–Trinajstić information content (AvgIpc) is 3.65. The summed E-state index contributed by atoms with van der Waals surface area (Å²) in [5.41, 5.74) is 16.8. The summed E-state index contributed by atoms with van der Waals surface area (Å²) in [5.74, 6) is 0.967. The molecule has 0 heteroatoms. The SMILES string of the molecule is C1=CC(C2C=C(c3ccc4c5ccccc5c5ccccc5c4c3)C=CC2)CC(C2=CC=C(C3=CC=C(C4(c5ccccc5)c5ccccc5-c5ccccc54)CC3)CC2)=C1. The molecular formula is C61H48. The van der Waals surface area contributed by atoms with Crippen molar-refractivity contribution in [2.75, 3.05) is 0 Å². The predicted molar refractivity (Wildman–Crippen MR) is 259 cm³/mol. The molecule has 5 aliphatic rings. The van der Waals surface area contributed by atoms with Gasteiger partial charge in [-0.2, -0.15) is 0 Å². The van der Waals surface area contributed by atoms with Gasteiger partial charge in [-0.05, 0) is 150 Å². The van der Waals surface area contributed by atoms with Crippen LogP contribution in [0.2, 0.25) is 0 Å². The Hall–Kier alpha value is -6.76. The van der Waals surface area contributed by atoms with Crippen LogP contribution in [0.5, 0.6) is 0 Å². The van der Waals surface area contributed by atoms with E-state index in [1.165, 1.54) is 99.1 Å². The van der Waals surface area contributed by atoms with Crippen molar-refractivity contribution >= 4 is 37.9 Å².